The molecule has 2 aromatic heterocycles. The summed E-state index contributed by atoms with van der Waals surface area (Å²) in [4.78, 5) is 29.0. The highest BCUT2D eigenvalue weighted by Crippen LogP contribution is 2.30. The van der Waals surface area contributed by atoms with Crippen molar-refractivity contribution in [2.24, 2.45) is 11.7 Å². The summed E-state index contributed by atoms with van der Waals surface area (Å²) in [5, 5.41) is 7.57. The Bertz CT molecular complexity index is 1050. The number of carbonyl (C=O) groups excluding carboxylic acids is 2. The zero-order valence-corrected chi connectivity index (χ0v) is 15.4. The maximum absolute atomic E-state index is 14.8. The van der Waals surface area contributed by atoms with Crippen molar-refractivity contribution in [3.63, 3.8) is 0 Å². The quantitative estimate of drug-likeness (QED) is 0.704. The number of nitrogens with zero attached hydrogens (tertiary/aromatic N) is 5. The van der Waals surface area contributed by atoms with Crippen molar-refractivity contribution in [1.82, 2.24) is 20.0 Å². The first-order valence-corrected chi connectivity index (χ1v) is 8.84. The Hall–Kier alpha value is -3.82. The van der Waals surface area contributed by atoms with E-state index >= 15 is 0 Å². The lowest BCUT2D eigenvalue weighted by atomic mass is 10.0. The van der Waals surface area contributed by atoms with Crippen molar-refractivity contribution < 1.29 is 18.7 Å². The smallest absolute Gasteiger partial charge is 0.414 e. The third-order valence-corrected chi connectivity index (χ3v) is 4.82. The molecule has 10 heteroatoms. The number of nitrogens with two attached hydrogens (primary N) is 1. The van der Waals surface area contributed by atoms with Gasteiger partial charge in [-0.3, -0.25) is 9.69 Å². The number of hydrogen-bond acceptors (Lipinski definition) is 6. The molecule has 1 unspecified atom stereocenters. The summed E-state index contributed by atoms with van der Waals surface area (Å²) in [6.45, 7) is 1.71. The number of anilines is 1. The van der Waals surface area contributed by atoms with Crippen molar-refractivity contribution >= 4 is 17.7 Å². The van der Waals surface area contributed by atoms with Gasteiger partial charge < -0.3 is 10.5 Å². The molecule has 1 saturated heterocycles. The van der Waals surface area contributed by atoms with Crippen LogP contribution in [0.5, 0.6) is 0 Å². The monoisotopic (exact) mass is 396 g/mol. The van der Waals surface area contributed by atoms with Crippen LogP contribution >= 0.6 is 0 Å². The van der Waals surface area contributed by atoms with Gasteiger partial charge in [0.15, 0.2) is 5.82 Å². The number of benzene rings is 1. The van der Waals surface area contributed by atoms with Crippen LogP contribution in [0.2, 0.25) is 0 Å². The van der Waals surface area contributed by atoms with Crippen LogP contribution in [0, 0.1) is 11.7 Å². The number of amides is 2. The molecular formula is C19H17FN6O3. The predicted molar refractivity (Wildman–Crippen MR) is 101 cm³/mol. The van der Waals surface area contributed by atoms with Crippen LogP contribution in [0.1, 0.15) is 6.92 Å². The largest absolute Gasteiger partial charge is 0.443 e. The third kappa shape index (κ3) is 3.51. The van der Waals surface area contributed by atoms with Crippen LogP contribution in [0.25, 0.3) is 16.9 Å². The number of rotatable bonds is 5. The molecule has 1 fully saturated rings. The topological polar surface area (TPSA) is 116 Å². The Morgan fingerprint density at radius 3 is 2.79 bits per heavy atom. The number of halogens is 1. The van der Waals surface area contributed by atoms with E-state index in [0.29, 0.717) is 22.6 Å². The van der Waals surface area contributed by atoms with Gasteiger partial charge in [-0.05, 0) is 37.3 Å². The number of aromatic nitrogens is 4. The first-order valence-electron chi connectivity index (χ1n) is 8.84. The minimum Gasteiger partial charge on any atom is -0.443 e. The molecule has 2 N–H and O–H groups in total. The van der Waals surface area contributed by atoms with Gasteiger partial charge in [0.25, 0.3) is 0 Å². The van der Waals surface area contributed by atoms with Gasteiger partial charge in [0.05, 0.1) is 30.5 Å². The molecule has 29 heavy (non-hydrogen) atoms. The van der Waals surface area contributed by atoms with Gasteiger partial charge in [0, 0.05) is 17.3 Å². The standard InChI is InChI=1S/C19H17FN6O3/c1-11(18(21)27)16-10-25(19(28)29-16)13-3-4-14(15(20)8-13)12-2-5-17(22-9-12)26-7-6-23-24-26/h2-9,11,16H,10H2,1H3,(H2,21,27)/t11-,16?/m0/s1. The molecule has 0 aliphatic carbocycles. The van der Waals surface area contributed by atoms with Gasteiger partial charge in [0.1, 0.15) is 11.9 Å². The molecule has 148 valence electrons. The van der Waals surface area contributed by atoms with Crippen LogP contribution in [0.3, 0.4) is 0 Å². The van der Waals surface area contributed by atoms with Crippen molar-refractivity contribution in [1.29, 1.82) is 0 Å². The molecule has 3 aromatic rings. The van der Waals surface area contributed by atoms with Crippen LogP contribution in [0.15, 0.2) is 48.9 Å². The molecule has 2 amide bonds. The average molecular weight is 396 g/mol. The minimum atomic E-state index is -0.670. The van der Waals surface area contributed by atoms with Crippen LogP contribution < -0.4 is 10.6 Å². The molecule has 1 aliphatic heterocycles. The first kappa shape index (κ1) is 18.5. The molecule has 0 bridgehead atoms. The van der Waals surface area contributed by atoms with E-state index < -0.39 is 29.8 Å². The SMILES string of the molecule is C[C@H](C(N)=O)C1CN(c2ccc(-c3ccc(-n4ccnn4)nc3)c(F)c2)C(=O)O1. The minimum absolute atomic E-state index is 0.121. The third-order valence-electron chi connectivity index (χ3n) is 4.82. The van der Waals surface area contributed by atoms with Crippen LogP contribution in [0.4, 0.5) is 14.9 Å². The second kappa shape index (κ2) is 7.30. The van der Waals surface area contributed by atoms with Gasteiger partial charge >= 0.3 is 6.09 Å². The lowest BCUT2D eigenvalue weighted by Crippen LogP contribution is -2.34. The number of ether oxygens (including phenoxy) is 1. The first-order chi connectivity index (χ1) is 13.9. The van der Waals surface area contributed by atoms with Gasteiger partial charge in [-0.2, -0.15) is 0 Å². The summed E-state index contributed by atoms with van der Waals surface area (Å²) in [5.41, 5.74) is 6.51. The van der Waals surface area contributed by atoms with E-state index in [1.165, 1.54) is 28.0 Å². The van der Waals surface area contributed by atoms with E-state index in [0.717, 1.165) is 0 Å². The average Bonchev–Trinajstić information content (AvgIpc) is 3.37. The van der Waals surface area contributed by atoms with Crippen molar-refractivity contribution in [2.75, 3.05) is 11.4 Å². The normalized spacial score (nSPS) is 17.2. The summed E-state index contributed by atoms with van der Waals surface area (Å²) in [5.74, 6) is -1.16. The predicted octanol–water partition coefficient (Wildman–Crippen LogP) is 1.91. The lowest BCUT2D eigenvalue weighted by molar-refractivity contribution is -0.123. The molecule has 0 spiro atoms. The van der Waals surface area contributed by atoms with Crippen molar-refractivity contribution in [3.8, 4) is 16.9 Å². The maximum atomic E-state index is 14.8. The zero-order chi connectivity index (χ0) is 20.5. The highest BCUT2D eigenvalue weighted by Gasteiger charge is 2.37. The Morgan fingerprint density at radius 2 is 2.17 bits per heavy atom. The van der Waals surface area contributed by atoms with Crippen LogP contribution in [-0.2, 0) is 9.53 Å². The second-order valence-electron chi connectivity index (χ2n) is 6.64. The molecule has 1 aromatic carbocycles. The molecule has 0 saturated carbocycles. The van der Waals surface area contributed by atoms with Gasteiger partial charge in [-0.1, -0.05) is 5.21 Å². The van der Waals surface area contributed by atoms with Crippen molar-refractivity contribution in [3.05, 3.63) is 54.7 Å². The van der Waals surface area contributed by atoms with Gasteiger partial charge in [-0.15, -0.1) is 5.10 Å². The summed E-state index contributed by atoms with van der Waals surface area (Å²) in [6, 6.07) is 7.85. The van der Waals surface area contributed by atoms with Gasteiger partial charge in [0.2, 0.25) is 5.91 Å². The highest BCUT2D eigenvalue weighted by molar-refractivity contribution is 5.91. The summed E-state index contributed by atoms with van der Waals surface area (Å²) in [7, 11) is 0. The van der Waals surface area contributed by atoms with E-state index in [-0.39, 0.29) is 6.54 Å². The van der Waals surface area contributed by atoms with E-state index in [2.05, 4.69) is 15.3 Å². The fourth-order valence-corrected chi connectivity index (χ4v) is 3.06. The van der Waals surface area contributed by atoms with Crippen molar-refractivity contribution in [2.45, 2.75) is 13.0 Å². The Kier molecular flexibility index (Phi) is 4.67. The number of hydrogen-bond donors (Lipinski definition) is 1. The molecule has 3 heterocycles. The Morgan fingerprint density at radius 1 is 1.34 bits per heavy atom. The molecule has 4 rings (SSSR count). The van der Waals surface area contributed by atoms with E-state index in [4.69, 9.17) is 10.5 Å². The fraction of sp³-hybridized carbons (Fsp3) is 0.211. The molecule has 1 aliphatic rings. The number of cyclic esters (lactones) is 1. The highest BCUT2D eigenvalue weighted by atomic mass is 19.1. The fourth-order valence-electron chi connectivity index (χ4n) is 3.06. The number of primary amides is 1. The summed E-state index contributed by atoms with van der Waals surface area (Å²) >= 11 is 0. The van der Waals surface area contributed by atoms with Crippen LogP contribution in [-0.4, -0.2) is 44.6 Å². The Labute approximate surface area is 164 Å². The number of pyridine rings is 1. The zero-order valence-electron chi connectivity index (χ0n) is 15.4. The molecule has 0 radical (unpaired) electrons. The molecule has 9 nitrogen and oxygen atoms in total. The number of carbonyl (C=O) groups is 2. The van der Waals surface area contributed by atoms with E-state index in [1.807, 2.05) is 0 Å². The summed E-state index contributed by atoms with van der Waals surface area (Å²) in [6.07, 6.45) is 3.40. The molecular weight excluding hydrogens is 379 g/mol. The van der Waals surface area contributed by atoms with E-state index in [9.17, 15) is 14.0 Å². The summed E-state index contributed by atoms with van der Waals surface area (Å²) < 4.78 is 21.5. The van der Waals surface area contributed by atoms with E-state index in [1.54, 1.807) is 37.4 Å². The maximum Gasteiger partial charge on any atom is 0.414 e. The lowest BCUT2D eigenvalue weighted by Gasteiger charge is -2.15. The molecule has 2 atom stereocenters. The Balaban J connectivity index is 1.55. The van der Waals surface area contributed by atoms with Gasteiger partial charge in [-0.25, -0.2) is 18.9 Å². The second-order valence-corrected chi connectivity index (χ2v) is 6.64.